The Kier molecular flexibility index (Phi) is 3.20. The fourth-order valence-electron chi connectivity index (χ4n) is 2.61. The van der Waals surface area contributed by atoms with Crippen LogP contribution in [-0.4, -0.2) is 11.6 Å². The zero-order chi connectivity index (χ0) is 12.6. The van der Waals surface area contributed by atoms with Gasteiger partial charge in [-0.15, -0.1) is 0 Å². The Morgan fingerprint density at radius 3 is 2.65 bits per heavy atom. The maximum absolute atomic E-state index is 13.3. The summed E-state index contributed by atoms with van der Waals surface area (Å²) in [5.41, 5.74) is 3.53. The minimum absolute atomic E-state index is 0.176. The number of benzene rings is 1. The van der Waals surface area contributed by atoms with Crippen molar-refractivity contribution in [2.45, 2.75) is 26.3 Å². The molecule has 3 heteroatoms. The lowest BCUT2D eigenvalue weighted by Crippen LogP contribution is -2.09. The number of nitrogens with one attached hydrogen (secondary N) is 1. The third kappa shape index (κ3) is 1.95. The standard InChI is InChI=1S/C14H19FN2/c1-9(2)14-12(8-16-3)11-6-5-10(15)7-13(11)17(14)4/h5-7,9,16H,8H2,1-4H3. The van der Waals surface area contributed by atoms with E-state index in [1.165, 1.54) is 17.3 Å². The third-order valence-corrected chi connectivity index (χ3v) is 3.22. The predicted octanol–water partition coefficient (Wildman–Crippen LogP) is 3.16. The summed E-state index contributed by atoms with van der Waals surface area (Å²) in [6, 6.07) is 5.02. The van der Waals surface area contributed by atoms with Gasteiger partial charge in [-0.3, -0.25) is 0 Å². The molecule has 1 N–H and O–H groups in total. The van der Waals surface area contributed by atoms with E-state index in [9.17, 15) is 4.39 Å². The van der Waals surface area contributed by atoms with Crippen molar-refractivity contribution in [3.63, 3.8) is 0 Å². The number of hydrogen-bond donors (Lipinski definition) is 1. The highest BCUT2D eigenvalue weighted by molar-refractivity contribution is 5.85. The highest BCUT2D eigenvalue weighted by atomic mass is 19.1. The van der Waals surface area contributed by atoms with Crippen LogP contribution in [0.15, 0.2) is 18.2 Å². The molecule has 2 rings (SSSR count). The second-order valence-electron chi connectivity index (χ2n) is 4.77. The summed E-state index contributed by atoms with van der Waals surface area (Å²) in [6.07, 6.45) is 0. The fourth-order valence-corrected chi connectivity index (χ4v) is 2.61. The van der Waals surface area contributed by atoms with E-state index in [1.54, 1.807) is 6.07 Å². The summed E-state index contributed by atoms with van der Waals surface area (Å²) in [4.78, 5) is 0. The first-order chi connectivity index (χ1) is 8.06. The Hall–Kier alpha value is -1.35. The minimum Gasteiger partial charge on any atom is -0.347 e. The number of fused-ring (bicyclic) bond motifs is 1. The number of aromatic nitrogens is 1. The lowest BCUT2D eigenvalue weighted by atomic mass is 10.0. The van der Waals surface area contributed by atoms with Crippen molar-refractivity contribution in [2.75, 3.05) is 7.05 Å². The van der Waals surface area contributed by atoms with E-state index in [-0.39, 0.29) is 5.82 Å². The van der Waals surface area contributed by atoms with Crippen LogP contribution in [0.2, 0.25) is 0 Å². The van der Waals surface area contributed by atoms with Crippen molar-refractivity contribution in [3.8, 4) is 0 Å². The van der Waals surface area contributed by atoms with Gasteiger partial charge in [0.2, 0.25) is 0 Å². The van der Waals surface area contributed by atoms with Crippen molar-refractivity contribution < 1.29 is 4.39 Å². The summed E-state index contributed by atoms with van der Waals surface area (Å²) < 4.78 is 15.4. The molecule has 0 aliphatic carbocycles. The molecule has 0 aliphatic heterocycles. The SMILES string of the molecule is CNCc1c(C(C)C)n(C)c2cc(F)ccc12. The van der Waals surface area contributed by atoms with Crippen molar-refractivity contribution in [2.24, 2.45) is 7.05 Å². The second-order valence-corrected chi connectivity index (χ2v) is 4.77. The Labute approximate surface area is 101 Å². The monoisotopic (exact) mass is 234 g/mol. The van der Waals surface area contributed by atoms with Crippen LogP contribution in [0.3, 0.4) is 0 Å². The van der Waals surface area contributed by atoms with Crippen molar-refractivity contribution in [1.29, 1.82) is 0 Å². The summed E-state index contributed by atoms with van der Waals surface area (Å²) >= 11 is 0. The molecule has 0 unspecified atom stereocenters. The lowest BCUT2D eigenvalue weighted by Gasteiger charge is -2.11. The third-order valence-electron chi connectivity index (χ3n) is 3.22. The van der Waals surface area contributed by atoms with Gasteiger partial charge in [0, 0.05) is 24.7 Å². The number of rotatable bonds is 3. The smallest absolute Gasteiger partial charge is 0.125 e. The van der Waals surface area contributed by atoms with Crippen molar-refractivity contribution in [1.82, 2.24) is 9.88 Å². The first-order valence-electron chi connectivity index (χ1n) is 5.97. The summed E-state index contributed by atoms with van der Waals surface area (Å²) in [5, 5.41) is 4.34. The molecule has 0 saturated carbocycles. The van der Waals surface area contributed by atoms with Crippen LogP contribution in [0.1, 0.15) is 31.0 Å². The largest absolute Gasteiger partial charge is 0.347 e. The van der Waals surface area contributed by atoms with Gasteiger partial charge in [0.15, 0.2) is 0 Å². The van der Waals surface area contributed by atoms with Crippen LogP contribution < -0.4 is 5.32 Å². The van der Waals surface area contributed by atoms with E-state index in [2.05, 4.69) is 23.7 Å². The average molecular weight is 234 g/mol. The van der Waals surface area contributed by atoms with Gasteiger partial charge in [-0.05, 0) is 36.7 Å². The molecule has 0 fully saturated rings. The topological polar surface area (TPSA) is 17.0 Å². The molecule has 0 radical (unpaired) electrons. The van der Waals surface area contributed by atoms with Gasteiger partial charge in [0.1, 0.15) is 5.82 Å². The first-order valence-corrected chi connectivity index (χ1v) is 5.97. The summed E-state index contributed by atoms with van der Waals surface area (Å²) in [6.45, 7) is 5.16. The van der Waals surface area contributed by atoms with E-state index in [4.69, 9.17) is 0 Å². The predicted molar refractivity (Wildman–Crippen MR) is 69.7 cm³/mol. The number of aryl methyl sites for hydroxylation is 1. The Morgan fingerprint density at radius 2 is 2.06 bits per heavy atom. The molecule has 2 nitrogen and oxygen atoms in total. The van der Waals surface area contributed by atoms with Gasteiger partial charge in [-0.2, -0.15) is 0 Å². The van der Waals surface area contributed by atoms with Gasteiger partial charge < -0.3 is 9.88 Å². The van der Waals surface area contributed by atoms with Crippen LogP contribution >= 0.6 is 0 Å². The number of hydrogen-bond acceptors (Lipinski definition) is 1. The van der Waals surface area contributed by atoms with Gasteiger partial charge in [0.05, 0.1) is 5.52 Å². The maximum Gasteiger partial charge on any atom is 0.125 e. The molecule has 0 amide bonds. The highest BCUT2D eigenvalue weighted by Gasteiger charge is 2.17. The molecule has 0 aliphatic rings. The van der Waals surface area contributed by atoms with Gasteiger partial charge in [0.25, 0.3) is 0 Å². The van der Waals surface area contributed by atoms with E-state index in [1.807, 2.05) is 20.2 Å². The quantitative estimate of drug-likeness (QED) is 0.863. The van der Waals surface area contributed by atoms with Gasteiger partial charge >= 0.3 is 0 Å². The summed E-state index contributed by atoms with van der Waals surface area (Å²) in [7, 11) is 3.95. The number of nitrogens with zero attached hydrogens (tertiary/aromatic N) is 1. The molecular formula is C14H19FN2. The van der Waals surface area contributed by atoms with Crippen LogP contribution in [0.5, 0.6) is 0 Å². The maximum atomic E-state index is 13.3. The van der Waals surface area contributed by atoms with Crippen molar-refractivity contribution >= 4 is 10.9 Å². The molecule has 1 heterocycles. The molecule has 0 saturated heterocycles. The van der Waals surface area contributed by atoms with Gasteiger partial charge in [-0.1, -0.05) is 13.8 Å². The summed E-state index contributed by atoms with van der Waals surface area (Å²) in [5.74, 6) is 0.253. The molecule has 0 atom stereocenters. The molecule has 0 spiro atoms. The molecule has 92 valence electrons. The zero-order valence-electron chi connectivity index (χ0n) is 10.8. The average Bonchev–Trinajstić information content (AvgIpc) is 2.53. The highest BCUT2D eigenvalue weighted by Crippen LogP contribution is 2.30. The van der Waals surface area contributed by atoms with Crippen LogP contribution in [0.4, 0.5) is 4.39 Å². The Bertz CT molecular complexity index is 541. The molecule has 1 aromatic carbocycles. The van der Waals surface area contributed by atoms with E-state index < -0.39 is 0 Å². The first kappa shape index (κ1) is 12.1. The Balaban J connectivity index is 2.77. The molecule has 17 heavy (non-hydrogen) atoms. The molecule has 2 aromatic rings. The second kappa shape index (κ2) is 4.49. The van der Waals surface area contributed by atoms with E-state index >= 15 is 0 Å². The van der Waals surface area contributed by atoms with Crippen LogP contribution in [0, 0.1) is 5.82 Å². The van der Waals surface area contributed by atoms with E-state index in [0.717, 1.165) is 17.4 Å². The molecule has 0 bridgehead atoms. The lowest BCUT2D eigenvalue weighted by molar-refractivity contribution is 0.628. The Morgan fingerprint density at radius 1 is 1.35 bits per heavy atom. The number of halogens is 1. The molecular weight excluding hydrogens is 215 g/mol. The minimum atomic E-state index is -0.176. The normalized spacial score (nSPS) is 11.6. The van der Waals surface area contributed by atoms with Crippen LogP contribution in [0.25, 0.3) is 10.9 Å². The molecule has 1 aromatic heterocycles. The zero-order valence-corrected chi connectivity index (χ0v) is 10.8. The van der Waals surface area contributed by atoms with Crippen molar-refractivity contribution in [3.05, 3.63) is 35.3 Å². The fraction of sp³-hybridized carbons (Fsp3) is 0.429. The van der Waals surface area contributed by atoms with E-state index in [0.29, 0.717) is 5.92 Å². The van der Waals surface area contributed by atoms with Crippen LogP contribution in [-0.2, 0) is 13.6 Å². The van der Waals surface area contributed by atoms with Gasteiger partial charge in [-0.25, -0.2) is 4.39 Å².